The summed E-state index contributed by atoms with van der Waals surface area (Å²) in [6, 6.07) is 14.2. The van der Waals surface area contributed by atoms with E-state index >= 15 is 0 Å². The van der Waals surface area contributed by atoms with Crippen LogP contribution in [-0.4, -0.2) is 0 Å². The Morgan fingerprint density at radius 3 is 2.62 bits per heavy atom. The topological polar surface area (TPSA) is 38.0 Å². The molecule has 0 saturated heterocycles. The molecule has 82 valence electrons. The van der Waals surface area contributed by atoms with Gasteiger partial charge in [-0.2, -0.15) is 0 Å². The van der Waals surface area contributed by atoms with E-state index in [-0.39, 0.29) is 0 Å². The van der Waals surface area contributed by atoms with E-state index in [2.05, 4.69) is 40.0 Å². The van der Waals surface area contributed by atoms with E-state index < -0.39 is 0 Å². The van der Waals surface area contributed by atoms with Crippen LogP contribution in [0.3, 0.4) is 0 Å². The van der Waals surface area contributed by atoms with Gasteiger partial charge in [0.15, 0.2) is 0 Å². The van der Waals surface area contributed by atoms with Crippen LogP contribution in [0.5, 0.6) is 0 Å². The fraction of sp³-hybridized carbons (Fsp3) is 0.0769. The minimum atomic E-state index is 0.807. The summed E-state index contributed by atoms with van der Waals surface area (Å²) in [4.78, 5) is 0. The second kappa shape index (κ2) is 4.74. The van der Waals surface area contributed by atoms with Crippen LogP contribution in [0.2, 0.25) is 0 Å². The van der Waals surface area contributed by atoms with E-state index in [0.717, 1.165) is 22.6 Å². The SMILES string of the molecule is Cc1cccc(Nc2cccc(I)c2)c1N. The molecule has 3 N–H and O–H groups in total. The van der Waals surface area contributed by atoms with Crippen molar-refractivity contribution in [3.05, 3.63) is 51.6 Å². The number of aryl methyl sites for hydroxylation is 1. The highest BCUT2D eigenvalue weighted by molar-refractivity contribution is 14.1. The third kappa shape index (κ3) is 2.47. The van der Waals surface area contributed by atoms with Crippen LogP contribution in [0.15, 0.2) is 42.5 Å². The zero-order valence-corrected chi connectivity index (χ0v) is 11.2. The first-order chi connectivity index (χ1) is 7.66. The van der Waals surface area contributed by atoms with Gasteiger partial charge in [0.1, 0.15) is 0 Å². The minimum absolute atomic E-state index is 0.807. The van der Waals surface area contributed by atoms with Gasteiger partial charge in [0, 0.05) is 9.26 Å². The van der Waals surface area contributed by atoms with Crippen molar-refractivity contribution >= 4 is 39.7 Å². The highest BCUT2D eigenvalue weighted by Gasteiger charge is 2.01. The molecule has 3 heteroatoms. The Labute approximate surface area is 109 Å². The summed E-state index contributed by atoms with van der Waals surface area (Å²) in [5.74, 6) is 0. The normalized spacial score (nSPS) is 10.1. The van der Waals surface area contributed by atoms with Gasteiger partial charge < -0.3 is 11.1 Å². The van der Waals surface area contributed by atoms with E-state index in [9.17, 15) is 0 Å². The van der Waals surface area contributed by atoms with Crippen LogP contribution in [0.4, 0.5) is 17.1 Å². The second-order valence-corrected chi connectivity index (χ2v) is 4.92. The van der Waals surface area contributed by atoms with Gasteiger partial charge in [-0.05, 0) is 59.3 Å². The number of rotatable bonds is 2. The van der Waals surface area contributed by atoms with Gasteiger partial charge in [-0.15, -0.1) is 0 Å². The number of benzene rings is 2. The number of nitrogens with two attached hydrogens (primary N) is 1. The summed E-state index contributed by atoms with van der Waals surface area (Å²) in [5.41, 5.74) is 9.92. The molecule has 0 bridgehead atoms. The zero-order valence-electron chi connectivity index (χ0n) is 9.00. The van der Waals surface area contributed by atoms with Gasteiger partial charge in [-0.25, -0.2) is 0 Å². The van der Waals surface area contributed by atoms with E-state index in [1.807, 2.05) is 37.3 Å². The number of para-hydroxylation sites is 1. The lowest BCUT2D eigenvalue weighted by Gasteiger charge is -2.11. The number of nitrogens with one attached hydrogen (secondary N) is 1. The molecule has 0 aliphatic carbocycles. The fourth-order valence-electron chi connectivity index (χ4n) is 1.51. The molecule has 0 aliphatic rings. The summed E-state index contributed by atoms with van der Waals surface area (Å²) in [5, 5.41) is 3.32. The summed E-state index contributed by atoms with van der Waals surface area (Å²) in [6.45, 7) is 2.01. The Hall–Kier alpha value is -1.23. The predicted octanol–water partition coefficient (Wildman–Crippen LogP) is 3.93. The Balaban J connectivity index is 2.31. The first kappa shape index (κ1) is 11.3. The standard InChI is InChI=1S/C13H13IN2/c1-9-4-2-7-12(13(9)15)16-11-6-3-5-10(14)8-11/h2-8,16H,15H2,1H3. The summed E-state index contributed by atoms with van der Waals surface area (Å²) in [7, 11) is 0. The van der Waals surface area contributed by atoms with Crippen LogP contribution in [-0.2, 0) is 0 Å². The minimum Gasteiger partial charge on any atom is -0.397 e. The van der Waals surface area contributed by atoms with Crippen LogP contribution < -0.4 is 11.1 Å². The van der Waals surface area contributed by atoms with Crippen molar-refractivity contribution in [3.8, 4) is 0 Å². The number of anilines is 3. The van der Waals surface area contributed by atoms with Gasteiger partial charge in [-0.3, -0.25) is 0 Å². The molecule has 0 radical (unpaired) electrons. The lowest BCUT2D eigenvalue weighted by Crippen LogP contribution is -1.98. The monoisotopic (exact) mass is 324 g/mol. The molecule has 0 aromatic heterocycles. The van der Waals surface area contributed by atoms with Crippen molar-refractivity contribution < 1.29 is 0 Å². The molecule has 2 aromatic rings. The lowest BCUT2D eigenvalue weighted by atomic mass is 10.1. The third-order valence-corrected chi connectivity index (χ3v) is 3.10. The van der Waals surface area contributed by atoms with Crippen LogP contribution in [0.1, 0.15) is 5.56 Å². The molecular weight excluding hydrogens is 311 g/mol. The largest absolute Gasteiger partial charge is 0.397 e. The first-order valence-electron chi connectivity index (χ1n) is 5.04. The number of hydrogen-bond acceptors (Lipinski definition) is 2. The van der Waals surface area contributed by atoms with Gasteiger partial charge >= 0.3 is 0 Å². The van der Waals surface area contributed by atoms with Crippen molar-refractivity contribution in [1.82, 2.24) is 0 Å². The van der Waals surface area contributed by atoms with Gasteiger partial charge in [0.25, 0.3) is 0 Å². The number of nitrogen functional groups attached to an aromatic ring is 1. The highest BCUT2D eigenvalue weighted by Crippen LogP contribution is 2.26. The fourth-order valence-corrected chi connectivity index (χ4v) is 2.05. The van der Waals surface area contributed by atoms with E-state index in [1.165, 1.54) is 3.57 Å². The molecule has 0 unspecified atom stereocenters. The molecule has 16 heavy (non-hydrogen) atoms. The molecule has 0 atom stereocenters. The highest BCUT2D eigenvalue weighted by atomic mass is 127. The Morgan fingerprint density at radius 2 is 1.88 bits per heavy atom. The second-order valence-electron chi connectivity index (χ2n) is 3.67. The molecule has 0 amide bonds. The third-order valence-electron chi connectivity index (χ3n) is 2.43. The van der Waals surface area contributed by atoms with E-state index in [1.54, 1.807) is 0 Å². The smallest absolute Gasteiger partial charge is 0.0620 e. The molecule has 0 aliphatic heterocycles. The average molecular weight is 324 g/mol. The molecule has 0 spiro atoms. The maximum absolute atomic E-state index is 6.00. The van der Waals surface area contributed by atoms with Crippen LogP contribution in [0.25, 0.3) is 0 Å². The Kier molecular flexibility index (Phi) is 3.33. The molecule has 2 nitrogen and oxygen atoms in total. The zero-order chi connectivity index (χ0) is 11.5. The maximum atomic E-state index is 6.00. The predicted molar refractivity (Wildman–Crippen MR) is 78.0 cm³/mol. The molecule has 2 aromatic carbocycles. The van der Waals surface area contributed by atoms with E-state index in [4.69, 9.17) is 5.73 Å². The van der Waals surface area contributed by atoms with Crippen molar-refractivity contribution in [2.75, 3.05) is 11.1 Å². The lowest BCUT2D eigenvalue weighted by molar-refractivity contribution is 1.45. The van der Waals surface area contributed by atoms with Crippen molar-refractivity contribution in [2.45, 2.75) is 6.92 Å². The van der Waals surface area contributed by atoms with Gasteiger partial charge in [0.2, 0.25) is 0 Å². The summed E-state index contributed by atoms with van der Waals surface area (Å²) >= 11 is 2.29. The Morgan fingerprint density at radius 1 is 1.12 bits per heavy atom. The van der Waals surface area contributed by atoms with Crippen molar-refractivity contribution in [3.63, 3.8) is 0 Å². The number of halogens is 1. The van der Waals surface area contributed by atoms with Gasteiger partial charge in [-0.1, -0.05) is 18.2 Å². The number of hydrogen-bond donors (Lipinski definition) is 2. The average Bonchev–Trinajstić information content (AvgIpc) is 2.25. The van der Waals surface area contributed by atoms with Crippen molar-refractivity contribution in [1.29, 1.82) is 0 Å². The molecule has 0 heterocycles. The summed E-state index contributed by atoms with van der Waals surface area (Å²) < 4.78 is 1.20. The summed E-state index contributed by atoms with van der Waals surface area (Å²) in [6.07, 6.45) is 0. The molecule has 0 saturated carbocycles. The molecule has 0 fully saturated rings. The maximum Gasteiger partial charge on any atom is 0.0620 e. The Bertz CT molecular complexity index is 509. The first-order valence-corrected chi connectivity index (χ1v) is 6.12. The van der Waals surface area contributed by atoms with Crippen LogP contribution in [0, 0.1) is 10.5 Å². The molecule has 2 rings (SSSR count). The van der Waals surface area contributed by atoms with Crippen LogP contribution >= 0.6 is 22.6 Å². The quantitative estimate of drug-likeness (QED) is 0.649. The van der Waals surface area contributed by atoms with E-state index in [0.29, 0.717) is 0 Å². The van der Waals surface area contributed by atoms with Gasteiger partial charge in [0.05, 0.1) is 11.4 Å². The molecular formula is C13H13IN2. The van der Waals surface area contributed by atoms with Crippen molar-refractivity contribution in [2.24, 2.45) is 0 Å².